The number of carboxylic acid groups (broad SMARTS) is 1. The summed E-state index contributed by atoms with van der Waals surface area (Å²) < 4.78 is 1.50. The predicted octanol–water partition coefficient (Wildman–Crippen LogP) is 3.76. The van der Waals surface area contributed by atoms with Crippen LogP contribution in [0.25, 0.3) is 5.69 Å². The maximum Gasteiger partial charge on any atom is 0.411 e. The number of rotatable bonds is 3. The fourth-order valence-corrected chi connectivity index (χ4v) is 2.54. The van der Waals surface area contributed by atoms with E-state index in [0.717, 1.165) is 0 Å². The average molecular weight is 323 g/mol. The summed E-state index contributed by atoms with van der Waals surface area (Å²) in [5.74, 6) is 0. The Morgan fingerprint density at radius 1 is 1.45 bits per heavy atom. The molecule has 2 aromatic rings. The lowest BCUT2D eigenvalue weighted by Crippen LogP contribution is -2.37. The molecule has 0 fully saturated rings. The van der Waals surface area contributed by atoms with Crippen molar-refractivity contribution in [1.29, 1.82) is 0 Å². The number of hydrogen-bond acceptors (Lipinski definition) is 3. The highest BCUT2D eigenvalue weighted by molar-refractivity contribution is 6.33. The third kappa shape index (κ3) is 3.39. The Bertz CT molecular complexity index is 677. The van der Waals surface area contributed by atoms with Crippen molar-refractivity contribution in [2.75, 3.05) is 11.4 Å². The van der Waals surface area contributed by atoms with Crippen LogP contribution in [-0.2, 0) is 0 Å². The number of pyridine rings is 1. The smallest absolute Gasteiger partial charge is 0.411 e. The van der Waals surface area contributed by atoms with Gasteiger partial charge in [0.05, 0.1) is 17.6 Å². The molecule has 0 radical (unpaired) electrons. The Kier molecular flexibility index (Phi) is 4.42. The van der Waals surface area contributed by atoms with Gasteiger partial charge in [-0.05, 0) is 24.5 Å². The fraction of sp³-hybridized carbons (Fsp3) is 0.400. The van der Waals surface area contributed by atoms with E-state index < -0.39 is 6.09 Å². The molecule has 22 heavy (non-hydrogen) atoms. The van der Waals surface area contributed by atoms with Crippen molar-refractivity contribution in [3.8, 4) is 5.69 Å². The zero-order valence-corrected chi connectivity index (χ0v) is 13.8. The number of nitrogens with zero attached hydrogens (tertiary/aromatic N) is 4. The summed E-state index contributed by atoms with van der Waals surface area (Å²) in [5.41, 5.74) is 1.45. The van der Waals surface area contributed by atoms with Gasteiger partial charge in [-0.2, -0.15) is 5.10 Å². The second kappa shape index (κ2) is 5.96. The van der Waals surface area contributed by atoms with Crippen LogP contribution >= 0.6 is 11.6 Å². The molecule has 0 unspecified atom stereocenters. The number of hydrogen-bond donors (Lipinski definition) is 1. The Morgan fingerprint density at radius 2 is 2.14 bits per heavy atom. The fourth-order valence-electron chi connectivity index (χ4n) is 2.16. The van der Waals surface area contributed by atoms with Crippen LogP contribution in [0.2, 0.25) is 5.15 Å². The number of amides is 1. The van der Waals surface area contributed by atoms with Gasteiger partial charge in [-0.15, -0.1) is 0 Å². The molecule has 2 heterocycles. The van der Waals surface area contributed by atoms with Crippen molar-refractivity contribution < 1.29 is 9.90 Å². The van der Waals surface area contributed by atoms with Gasteiger partial charge in [0.1, 0.15) is 5.69 Å². The molecule has 118 valence electrons. The van der Waals surface area contributed by atoms with E-state index >= 15 is 0 Å². The molecule has 0 atom stereocenters. The van der Waals surface area contributed by atoms with E-state index in [4.69, 9.17) is 11.6 Å². The van der Waals surface area contributed by atoms with Crippen LogP contribution < -0.4 is 4.90 Å². The Morgan fingerprint density at radius 3 is 2.64 bits per heavy atom. The molecule has 0 saturated heterocycles. The van der Waals surface area contributed by atoms with Crippen LogP contribution in [0.5, 0.6) is 0 Å². The molecule has 6 nitrogen and oxygen atoms in total. The molecule has 0 spiro atoms. The summed E-state index contributed by atoms with van der Waals surface area (Å²) in [6, 6.07) is 3.58. The highest BCUT2D eigenvalue weighted by Gasteiger charge is 2.28. The number of halogens is 1. The van der Waals surface area contributed by atoms with Gasteiger partial charge in [0.25, 0.3) is 0 Å². The van der Waals surface area contributed by atoms with Crippen LogP contribution in [0, 0.1) is 12.3 Å². The molecule has 1 amide bonds. The van der Waals surface area contributed by atoms with Crippen LogP contribution in [-0.4, -0.2) is 32.5 Å². The molecular formula is C15H19ClN4O2. The first-order valence-electron chi connectivity index (χ1n) is 6.86. The summed E-state index contributed by atoms with van der Waals surface area (Å²) in [7, 11) is 0. The van der Waals surface area contributed by atoms with Crippen molar-refractivity contribution in [3.63, 3.8) is 0 Å². The zero-order valence-electron chi connectivity index (χ0n) is 13.0. The highest BCUT2D eigenvalue weighted by atomic mass is 35.5. The van der Waals surface area contributed by atoms with E-state index in [1.807, 2.05) is 26.8 Å². The zero-order chi connectivity index (χ0) is 16.5. The standard InChI is InChI=1S/C15H19ClN4O2/c1-10-12(19(14(21)22)9-15(2,3)4)13(16)20(18-10)11-6-5-7-17-8-11/h5-8H,9H2,1-4H3,(H,21,22). The van der Waals surface area contributed by atoms with Crippen molar-refractivity contribution in [1.82, 2.24) is 14.8 Å². The molecule has 0 aliphatic heterocycles. The number of carbonyl (C=O) groups is 1. The number of anilines is 1. The SMILES string of the molecule is Cc1nn(-c2cccnc2)c(Cl)c1N(CC(C)(C)C)C(=O)O. The lowest BCUT2D eigenvalue weighted by atomic mass is 9.96. The molecule has 0 saturated carbocycles. The minimum absolute atomic E-state index is 0.204. The van der Waals surface area contributed by atoms with Crippen molar-refractivity contribution >= 4 is 23.4 Å². The van der Waals surface area contributed by atoms with E-state index in [1.54, 1.807) is 25.4 Å². The summed E-state index contributed by atoms with van der Waals surface area (Å²) >= 11 is 6.40. The summed E-state index contributed by atoms with van der Waals surface area (Å²) in [4.78, 5) is 16.9. The van der Waals surface area contributed by atoms with Gasteiger partial charge < -0.3 is 5.11 Å². The van der Waals surface area contributed by atoms with E-state index in [2.05, 4.69) is 10.1 Å². The minimum Gasteiger partial charge on any atom is -0.465 e. The van der Waals surface area contributed by atoms with Crippen LogP contribution in [0.1, 0.15) is 26.5 Å². The van der Waals surface area contributed by atoms with Gasteiger partial charge in [-0.1, -0.05) is 32.4 Å². The maximum absolute atomic E-state index is 11.6. The lowest BCUT2D eigenvalue weighted by molar-refractivity contribution is 0.198. The van der Waals surface area contributed by atoms with Crippen LogP contribution in [0.15, 0.2) is 24.5 Å². The van der Waals surface area contributed by atoms with E-state index in [-0.39, 0.29) is 10.6 Å². The van der Waals surface area contributed by atoms with Crippen molar-refractivity contribution in [3.05, 3.63) is 35.4 Å². The van der Waals surface area contributed by atoms with E-state index in [0.29, 0.717) is 23.6 Å². The normalized spacial score (nSPS) is 11.5. The lowest BCUT2D eigenvalue weighted by Gasteiger charge is -2.27. The molecular weight excluding hydrogens is 304 g/mol. The molecule has 0 bridgehead atoms. The number of aromatic nitrogens is 3. The molecule has 7 heteroatoms. The quantitative estimate of drug-likeness (QED) is 0.934. The first-order chi connectivity index (χ1) is 10.2. The van der Waals surface area contributed by atoms with Gasteiger partial charge in [-0.25, -0.2) is 9.48 Å². The Hall–Kier alpha value is -2.08. The molecule has 2 rings (SSSR count). The van der Waals surface area contributed by atoms with Gasteiger partial charge in [0.15, 0.2) is 5.15 Å². The minimum atomic E-state index is -1.05. The maximum atomic E-state index is 11.6. The van der Waals surface area contributed by atoms with Crippen LogP contribution in [0.4, 0.5) is 10.5 Å². The third-order valence-electron chi connectivity index (χ3n) is 3.00. The van der Waals surface area contributed by atoms with E-state index in [9.17, 15) is 9.90 Å². The van der Waals surface area contributed by atoms with Crippen molar-refractivity contribution in [2.45, 2.75) is 27.7 Å². The Labute approximate surface area is 134 Å². The average Bonchev–Trinajstić information content (AvgIpc) is 2.71. The highest BCUT2D eigenvalue weighted by Crippen LogP contribution is 2.33. The third-order valence-corrected chi connectivity index (χ3v) is 3.34. The topological polar surface area (TPSA) is 71.2 Å². The second-order valence-corrected chi connectivity index (χ2v) is 6.64. The first-order valence-corrected chi connectivity index (χ1v) is 7.24. The summed E-state index contributed by atoms with van der Waals surface area (Å²) in [6.45, 7) is 7.97. The summed E-state index contributed by atoms with van der Waals surface area (Å²) in [5, 5.41) is 14.2. The molecule has 0 aliphatic rings. The summed E-state index contributed by atoms with van der Waals surface area (Å²) in [6.07, 6.45) is 2.22. The van der Waals surface area contributed by atoms with Gasteiger partial charge in [-0.3, -0.25) is 9.88 Å². The van der Waals surface area contributed by atoms with Crippen molar-refractivity contribution in [2.24, 2.45) is 5.41 Å². The van der Waals surface area contributed by atoms with Gasteiger partial charge in [0, 0.05) is 12.7 Å². The van der Waals surface area contributed by atoms with Gasteiger partial charge >= 0.3 is 6.09 Å². The number of aryl methyl sites for hydroxylation is 1. The molecule has 0 aliphatic carbocycles. The monoisotopic (exact) mass is 322 g/mol. The van der Waals surface area contributed by atoms with E-state index in [1.165, 1.54) is 9.58 Å². The Balaban J connectivity index is 2.51. The molecule has 1 N–H and O–H groups in total. The van der Waals surface area contributed by atoms with Crippen LogP contribution in [0.3, 0.4) is 0 Å². The molecule has 0 aromatic carbocycles. The van der Waals surface area contributed by atoms with Gasteiger partial charge in [0.2, 0.25) is 0 Å². The largest absolute Gasteiger partial charge is 0.465 e. The second-order valence-electron chi connectivity index (χ2n) is 6.28. The molecule has 2 aromatic heterocycles. The first kappa shape index (κ1) is 16.3. The predicted molar refractivity (Wildman–Crippen MR) is 85.9 cm³/mol.